The Morgan fingerprint density at radius 2 is 1.51 bits per heavy atom. The summed E-state index contributed by atoms with van der Waals surface area (Å²) in [5.74, 6) is 0.516. The van der Waals surface area contributed by atoms with Crippen molar-refractivity contribution in [2.24, 2.45) is 0 Å². The molecule has 1 atom stereocenters. The van der Waals surface area contributed by atoms with Crippen LogP contribution in [0.2, 0.25) is 0 Å². The fourth-order valence-electron chi connectivity index (χ4n) is 6.48. The van der Waals surface area contributed by atoms with E-state index in [1.807, 2.05) is 12.1 Å². The minimum atomic E-state index is -0.321. The third-order valence-electron chi connectivity index (χ3n) is 8.92. The highest BCUT2D eigenvalue weighted by molar-refractivity contribution is 5.89. The summed E-state index contributed by atoms with van der Waals surface area (Å²) in [6.07, 6.45) is 3.36. The average Bonchev–Trinajstić information content (AvgIpc) is 3.03. The van der Waals surface area contributed by atoms with Crippen molar-refractivity contribution in [1.29, 1.82) is 0 Å². The maximum Gasteiger partial charge on any atom is 0.337 e. The van der Waals surface area contributed by atoms with Crippen molar-refractivity contribution in [3.8, 4) is 5.75 Å². The van der Waals surface area contributed by atoms with Gasteiger partial charge in [-0.1, -0.05) is 52.8 Å². The second-order valence-corrected chi connectivity index (χ2v) is 12.4. The molecule has 0 saturated heterocycles. The number of benzene rings is 3. The van der Waals surface area contributed by atoms with Gasteiger partial charge in [0, 0.05) is 30.9 Å². The number of ether oxygens (including phenoxy) is 2. The number of hydrogen-bond donors (Lipinski definition) is 0. The van der Waals surface area contributed by atoms with Crippen LogP contribution in [-0.2, 0) is 15.6 Å². The molecule has 1 aliphatic carbocycles. The Balaban J connectivity index is 1.82. The maximum absolute atomic E-state index is 12.2. The summed E-state index contributed by atoms with van der Waals surface area (Å²) in [5.41, 5.74) is 9.65. The molecule has 1 unspecified atom stereocenters. The summed E-state index contributed by atoms with van der Waals surface area (Å²) >= 11 is 0. The molecule has 0 aromatic heterocycles. The van der Waals surface area contributed by atoms with Crippen molar-refractivity contribution in [1.82, 2.24) is 0 Å². The van der Waals surface area contributed by atoms with E-state index in [4.69, 9.17) is 9.47 Å². The molecule has 2 aliphatic rings. The lowest BCUT2D eigenvalue weighted by Gasteiger charge is -2.43. The Hall–Kier alpha value is -3.47. The van der Waals surface area contributed by atoms with E-state index in [2.05, 4.69) is 93.9 Å². The standard InChI is InChI=1S/C34H42N2O3/c1-9-18-36-28-15-14-24(38-7)19-30(28)35(6)31(22-10-12-23(13-11-22)32(37)39-8)25-20-26-27(21-29(25)36)34(4,5)17-16-33(26,2)3/h10-15,19-21,31H,9,16-18H2,1-8H3. The molecule has 3 aromatic rings. The maximum atomic E-state index is 12.2. The molecule has 3 aromatic carbocycles. The summed E-state index contributed by atoms with van der Waals surface area (Å²) in [6.45, 7) is 12.7. The average molecular weight is 527 g/mol. The van der Waals surface area contributed by atoms with Gasteiger partial charge in [-0.3, -0.25) is 0 Å². The highest BCUT2D eigenvalue weighted by Gasteiger charge is 2.40. The van der Waals surface area contributed by atoms with Gasteiger partial charge < -0.3 is 19.3 Å². The normalized spacial score (nSPS) is 18.9. The summed E-state index contributed by atoms with van der Waals surface area (Å²) in [4.78, 5) is 17.1. The van der Waals surface area contributed by atoms with Crippen molar-refractivity contribution < 1.29 is 14.3 Å². The predicted octanol–water partition coefficient (Wildman–Crippen LogP) is 7.92. The van der Waals surface area contributed by atoms with Crippen LogP contribution in [-0.4, -0.2) is 33.8 Å². The smallest absolute Gasteiger partial charge is 0.337 e. The number of nitrogens with zero attached hydrogens (tertiary/aromatic N) is 2. The predicted molar refractivity (Wildman–Crippen MR) is 160 cm³/mol. The summed E-state index contributed by atoms with van der Waals surface area (Å²) in [7, 11) is 5.31. The topological polar surface area (TPSA) is 42.0 Å². The van der Waals surface area contributed by atoms with Crippen LogP contribution in [0.5, 0.6) is 5.75 Å². The van der Waals surface area contributed by atoms with Crippen molar-refractivity contribution in [3.63, 3.8) is 0 Å². The van der Waals surface area contributed by atoms with Gasteiger partial charge in [0.2, 0.25) is 0 Å². The van der Waals surface area contributed by atoms with Gasteiger partial charge in [0.05, 0.1) is 37.2 Å². The lowest BCUT2D eigenvalue weighted by atomic mass is 9.62. The summed E-state index contributed by atoms with van der Waals surface area (Å²) < 4.78 is 10.6. The molecule has 0 bridgehead atoms. The van der Waals surface area contributed by atoms with E-state index in [0.717, 1.165) is 36.4 Å². The van der Waals surface area contributed by atoms with Crippen LogP contribution >= 0.6 is 0 Å². The monoisotopic (exact) mass is 526 g/mol. The van der Waals surface area contributed by atoms with Gasteiger partial charge in [0.15, 0.2) is 0 Å². The Morgan fingerprint density at radius 1 is 0.872 bits per heavy atom. The minimum absolute atomic E-state index is 0.0504. The van der Waals surface area contributed by atoms with E-state index in [1.54, 1.807) is 7.11 Å². The van der Waals surface area contributed by atoms with Crippen molar-refractivity contribution in [2.75, 3.05) is 37.6 Å². The molecule has 0 N–H and O–H groups in total. The lowest BCUT2D eigenvalue weighted by Crippen LogP contribution is -2.35. The number of anilines is 3. The van der Waals surface area contributed by atoms with Gasteiger partial charge in [0.25, 0.3) is 0 Å². The molecule has 5 rings (SSSR count). The Labute approximate surface area is 233 Å². The van der Waals surface area contributed by atoms with Crippen LogP contribution < -0.4 is 14.5 Å². The Bertz CT molecular complexity index is 1390. The fourth-order valence-corrected chi connectivity index (χ4v) is 6.48. The molecule has 5 heteroatoms. The first-order valence-electron chi connectivity index (χ1n) is 14.1. The molecular formula is C34H42N2O3. The molecule has 0 saturated carbocycles. The fraction of sp³-hybridized carbons (Fsp3) is 0.441. The molecule has 1 aliphatic heterocycles. The number of hydrogen-bond acceptors (Lipinski definition) is 5. The first-order chi connectivity index (χ1) is 18.5. The van der Waals surface area contributed by atoms with E-state index in [0.29, 0.717) is 5.56 Å². The Kier molecular flexibility index (Phi) is 6.90. The van der Waals surface area contributed by atoms with Crippen LogP contribution in [0.1, 0.15) is 92.5 Å². The Morgan fingerprint density at radius 3 is 2.10 bits per heavy atom. The second-order valence-electron chi connectivity index (χ2n) is 12.4. The molecular weight excluding hydrogens is 484 g/mol. The zero-order valence-electron chi connectivity index (χ0n) is 24.7. The van der Waals surface area contributed by atoms with Gasteiger partial charge in [-0.2, -0.15) is 0 Å². The SMILES string of the molecule is CCCN1c2cc3c(cc2C(c2ccc(C(=O)OC)cc2)N(C)c2cc(OC)ccc21)C(C)(C)CCC3(C)C. The number of carbonyl (C=O) groups is 1. The highest BCUT2D eigenvalue weighted by Crippen LogP contribution is 2.53. The molecule has 5 nitrogen and oxygen atoms in total. The molecule has 1 heterocycles. The van der Waals surface area contributed by atoms with Crippen molar-refractivity contribution >= 4 is 23.0 Å². The van der Waals surface area contributed by atoms with Crippen LogP contribution in [0.15, 0.2) is 54.6 Å². The molecule has 0 fully saturated rings. The third-order valence-corrected chi connectivity index (χ3v) is 8.92. The summed E-state index contributed by atoms with van der Waals surface area (Å²) in [5, 5.41) is 0. The van der Waals surface area contributed by atoms with Crippen LogP contribution in [0, 0.1) is 0 Å². The number of methoxy groups -OCH3 is 2. The van der Waals surface area contributed by atoms with Crippen LogP contribution in [0.4, 0.5) is 17.1 Å². The van der Waals surface area contributed by atoms with E-state index in [1.165, 1.54) is 41.6 Å². The van der Waals surface area contributed by atoms with E-state index in [-0.39, 0.29) is 22.8 Å². The first kappa shape index (κ1) is 27.1. The number of fused-ring (bicyclic) bond motifs is 3. The zero-order valence-corrected chi connectivity index (χ0v) is 24.7. The van der Waals surface area contributed by atoms with Crippen molar-refractivity contribution in [3.05, 3.63) is 82.4 Å². The first-order valence-corrected chi connectivity index (χ1v) is 14.1. The van der Waals surface area contributed by atoms with Crippen molar-refractivity contribution in [2.45, 2.75) is 70.8 Å². The van der Waals surface area contributed by atoms with Crippen LogP contribution in [0.25, 0.3) is 0 Å². The highest BCUT2D eigenvalue weighted by atomic mass is 16.5. The number of carbonyl (C=O) groups excluding carboxylic acids is 1. The molecule has 0 radical (unpaired) electrons. The molecule has 39 heavy (non-hydrogen) atoms. The molecule has 0 spiro atoms. The van der Waals surface area contributed by atoms with Gasteiger partial charge in [-0.15, -0.1) is 0 Å². The number of rotatable bonds is 5. The van der Waals surface area contributed by atoms with Gasteiger partial charge in [-0.25, -0.2) is 4.79 Å². The number of esters is 1. The van der Waals surface area contributed by atoms with Gasteiger partial charge in [0.1, 0.15) is 5.75 Å². The third kappa shape index (κ3) is 4.56. The molecule has 0 amide bonds. The van der Waals surface area contributed by atoms with Crippen LogP contribution in [0.3, 0.4) is 0 Å². The van der Waals surface area contributed by atoms with E-state index in [9.17, 15) is 4.79 Å². The second kappa shape index (κ2) is 9.93. The van der Waals surface area contributed by atoms with E-state index < -0.39 is 0 Å². The van der Waals surface area contributed by atoms with Gasteiger partial charge >= 0.3 is 5.97 Å². The lowest BCUT2D eigenvalue weighted by molar-refractivity contribution is 0.0600. The quantitative estimate of drug-likeness (QED) is 0.316. The minimum Gasteiger partial charge on any atom is -0.497 e. The van der Waals surface area contributed by atoms with Gasteiger partial charge in [-0.05, 0) is 77.1 Å². The largest absolute Gasteiger partial charge is 0.497 e. The molecule has 206 valence electrons. The van der Waals surface area contributed by atoms with E-state index >= 15 is 0 Å². The summed E-state index contributed by atoms with van der Waals surface area (Å²) in [6, 6.07) is 19.2. The zero-order chi connectivity index (χ0) is 28.1.